The molecule has 1 aromatic rings. The van der Waals surface area contributed by atoms with Crippen LogP contribution in [0.4, 0.5) is 4.79 Å². The van der Waals surface area contributed by atoms with Crippen LogP contribution in [0.15, 0.2) is 30.3 Å². The number of likely N-dealkylation sites (N-methyl/N-ethyl adjacent to an activating group) is 1. The molecule has 1 fully saturated rings. The summed E-state index contributed by atoms with van der Waals surface area (Å²) in [5.41, 5.74) is 0.919. The van der Waals surface area contributed by atoms with Gasteiger partial charge in [-0.3, -0.25) is 4.79 Å². The van der Waals surface area contributed by atoms with Gasteiger partial charge in [0.15, 0.2) is 5.78 Å². The van der Waals surface area contributed by atoms with E-state index in [2.05, 4.69) is 0 Å². The predicted molar refractivity (Wildman–Crippen MR) is 82.8 cm³/mol. The maximum absolute atomic E-state index is 12.3. The number of carbonyl (C=O) groups excluding carboxylic acids is 2. The SMILES string of the molecule is CCN(C(=O)OCc1ccccc1)C1COCC1C(=O)CCl. The summed E-state index contributed by atoms with van der Waals surface area (Å²) in [4.78, 5) is 25.7. The summed E-state index contributed by atoms with van der Waals surface area (Å²) in [6.07, 6.45) is -0.436. The Morgan fingerprint density at radius 2 is 2.05 bits per heavy atom. The fraction of sp³-hybridized carbons (Fsp3) is 0.500. The molecule has 1 amide bonds. The Hall–Kier alpha value is -1.59. The summed E-state index contributed by atoms with van der Waals surface area (Å²) in [5, 5.41) is 0. The van der Waals surface area contributed by atoms with Crippen LogP contribution in [0.3, 0.4) is 0 Å². The van der Waals surface area contributed by atoms with Crippen molar-refractivity contribution in [3.8, 4) is 0 Å². The molecule has 0 N–H and O–H groups in total. The van der Waals surface area contributed by atoms with E-state index in [9.17, 15) is 9.59 Å². The number of ketones is 1. The van der Waals surface area contributed by atoms with Gasteiger partial charge in [0.25, 0.3) is 0 Å². The van der Waals surface area contributed by atoms with Crippen LogP contribution in [0.1, 0.15) is 12.5 Å². The van der Waals surface area contributed by atoms with Crippen molar-refractivity contribution in [1.82, 2.24) is 4.90 Å². The molecule has 22 heavy (non-hydrogen) atoms. The topological polar surface area (TPSA) is 55.8 Å². The second-order valence-corrected chi connectivity index (χ2v) is 5.40. The molecule has 0 bridgehead atoms. The molecule has 5 nitrogen and oxygen atoms in total. The third-order valence-corrected chi connectivity index (χ3v) is 4.04. The quantitative estimate of drug-likeness (QED) is 0.754. The van der Waals surface area contributed by atoms with E-state index in [0.29, 0.717) is 19.8 Å². The predicted octanol–water partition coefficient (Wildman–Crippen LogP) is 2.47. The van der Waals surface area contributed by atoms with Crippen LogP contribution in [-0.4, -0.2) is 48.5 Å². The number of alkyl halides is 1. The second kappa shape index (κ2) is 8.15. The highest BCUT2D eigenvalue weighted by atomic mass is 35.5. The largest absolute Gasteiger partial charge is 0.445 e. The van der Waals surface area contributed by atoms with Crippen molar-refractivity contribution in [2.45, 2.75) is 19.6 Å². The Balaban J connectivity index is 1.98. The highest BCUT2D eigenvalue weighted by Gasteiger charge is 2.39. The third kappa shape index (κ3) is 3.99. The Kier molecular flexibility index (Phi) is 6.21. The monoisotopic (exact) mass is 325 g/mol. The lowest BCUT2D eigenvalue weighted by atomic mass is 9.98. The normalized spacial score (nSPS) is 20.6. The van der Waals surface area contributed by atoms with Crippen molar-refractivity contribution >= 4 is 23.5 Å². The van der Waals surface area contributed by atoms with Gasteiger partial charge in [0.2, 0.25) is 0 Å². The number of hydrogen-bond acceptors (Lipinski definition) is 4. The molecule has 1 heterocycles. The number of ether oxygens (including phenoxy) is 2. The maximum Gasteiger partial charge on any atom is 0.410 e. The number of halogens is 1. The van der Waals surface area contributed by atoms with E-state index in [4.69, 9.17) is 21.1 Å². The minimum absolute atomic E-state index is 0.0683. The zero-order valence-corrected chi connectivity index (χ0v) is 13.3. The van der Waals surface area contributed by atoms with Crippen LogP contribution in [0, 0.1) is 5.92 Å². The molecule has 0 saturated carbocycles. The fourth-order valence-corrected chi connectivity index (χ4v) is 2.76. The van der Waals surface area contributed by atoms with Gasteiger partial charge in [-0.1, -0.05) is 30.3 Å². The highest BCUT2D eigenvalue weighted by Crippen LogP contribution is 2.22. The van der Waals surface area contributed by atoms with Gasteiger partial charge in [0, 0.05) is 6.54 Å². The Labute approximate surface area is 135 Å². The number of amides is 1. The molecule has 0 aromatic heterocycles. The van der Waals surface area contributed by atoms with E-state index in [1.54, 1.807) is 4.90 Å². The molecule has 2 unspecified atom stereocenters. The first-order valence-electron chi connectivity index (χ1n) is 7.31. The lowest BCUT2D eigenvalue weighted by molar-refractivity contribution is -0.121. The Morgan fingerprint density at radius 1 is 1.32 bits per heavy atom. The summed E-state index contributed by atoms with van der Waals surface area (Å²) in [5.74, 6) is -0.540. The lowest BCUT2D eigenvalue weighted by Crippen LogP contribution is -2.46. The molecular formula is C16H20ClNO4. The third-order valence-electron chi connectivity index (χ3n) is 3.78. The van der Waals surface area contributed by atoms with Crippen molar-refractivity contribution in [3.05, 3.63) is 35.9 Å². The number of nitrogens with zero attached hydrogens (tertiary/aromatic N) is 1. The lowest BCUT2D eigenvalue weighted by Gasteiger charge is -2.29. The summed E-state index contributed by atoms with van der Waals surface area (Å²) in [7, 11) is 0. The number of Topliss-reactive ketones (excluding diaryl/α,β-unsaturated/α-hetero) is 1. The van der Waals surface area contributed by atoms with Crippen molar-refractivity contribution < 1.29 is 19.1 Å². The van der Waals surface area contributed by atoms with Crippen LogP contribution in [0.2, 0.25) is 0 Å². The average molecular weight is 326 g/mol. The first-order chi connectivity index (χ1) is 10.7. The van der Waals surface area contributed by atoms with Crippen LogP contribution < -0.4 is 0 Å². The summed E-state index contributed by atoms with van der Waals surface area (Å²) < 4.78 is 10.7. The molecule has 0 aliphatic carbocycles. The van der Waals surface area contributed by atoms with Gasteiger partial charge in [0.05, 0.1) is 31.1 Å². The molecule has 6 heteroatoms. The molecular weight excluding hydrogens is 306 g/mol. The molecule has 2 rings (SSSR count). The van der Waals surface area contributed by atoms with E-state index < -0.39 is 6.09 Å². The number of carbonyl (C=O) groups is 2. The van der Waals surface area contributed by atoms with Gasteiger partial charge in [-0.15, -0.1) is 11.6 Å². The standard InChI is InChI=1S/C16H20ClNO4/c1-2-18(14-11-21-10-13(14)15(19)8-17)16(20)22-9-12-6-4-3-5-7-12/h3-7,13-14H,2,8-11H2,1H3. The number of benzene rings is 1. The fourth-order valence-electron chi connectivity index (χ4n) is 2.56. The van der Waals surface area contributed by atoms with Gasteiger partial charge < -0.3 is 14.4 Å². The second-order valence-electron chi connectivity index (χ2n) is 5.14. The highest BCUT2D eigenvalue weighted by molar-refractivity contribution is 6.28. The molecule has 0 radical (unpaired) electrons. The van der Waals surface area contributed by atoms with Gasteiger partial charge in [-0.05, 0) is 12.5 Å². The van der Waals surface area contributed by atoms with Gasteiger partial charge in [-0.25, -0.2) is 4.79 Å². The van der Waals surface area contributed by atoms with Crippen LogP contribution in [0.25, 0.3) is 0 Å². The van der Waals surface area contributed by atoms with Gasteiger partial charge in [0.1, 0.15) is 6.61 Å². The minimum atomic E-state index is -0.436. The Morgan fingerprint density at radius 3 is 2.68 bits per heavy atom. The van der Waals surface area contributed by atoms with Gasteiger partial charge in [-0.2, -0.15) is 0 Å². The first-order valence-corrected chi connectivity index (χ1v) is 7.84. The van der Waals surface area contributed by atoms with E-state index in [1.807, 2.05) is 37.3 Å². The molecule has 1 aliphatic rings. The first kappa shape index (κ1) is 16.8. The minimum Gasteiger partial charge on any atom is -0.445 e. The smallest absolute Gasteiger partial charge is 0.410 e. The average Bonchev–Trinajstić information content (AvgIpc) is 3.03. The molecule has 1 aromatic carbocycles. The van der Waals surface area contributed by atoms with E-state index in [0.717, 1.165) is 5.56 Å². The van der Waals surface area contributed by atoms with Crippen molar-refractivity contribution in [3.63, 3.8) is 0 Å². The van der Waals surface area contributed by atoms with E-state index >= 15 is 0 Å². The number of rotatable bonds is 6. The summed E-state index contributed by atoms with van der Waals surface area (Å²) in [6, 6.07) is 9.16. The van der Waals surface area contributed by atoms with Crippen molar-refractivity contribution in [2.24, 2.45) is 5.92 Å². The summed E-state index contributed by atoms with van der Waals surface area (Å²) >= 11 is 5.63. The zero-order valence-electron chi connectivity index (χ0n) is 12.5. The molecule has 0 spiro atoms. The summed E-state index contributed by atoms with van der Waals surface area (Å²) in [6.45, 7) is 3.15. The van der Waals surface area contributed by atoms with Crippen LogP contribution in [-0.2, 0) is 20.9 Å². The molecule has 1 saturated heterocycles. The molecule has 2 atom stereocenters. The van der Waals surface area contributed by atoms with Crippen molar-refractivity contribution in [1.29, 1.82) is 0 Å². The van der Waals surface area contributed by atoms with Gasteiger partial charge >= 0.3 is 6.09 Å². The maximum atomic E-state index is 12.3. The Bertz CT molecular complexity index is 508. The van der Waals surface area contributed by atoms with E-state index in [-0.39, 0.29) is 30.2 Å². The van der Waals surface area contributed by atoms with Crippen LogP contribution in [0.5, 0.6) is 0 Å². The van der Waals surface area contributed by atoms with E-state index in [1.165, 1.54) is 0 Å². The molecule has 1 aliphatic heterocycles. The number of hydrogen-bond donors (Lipinski definition) is 0. The van der Waals surface area contributed by atoms with Crippen LogP contribution >= 0.6 is 11.6 Å². The molecule has 120 valence electrons. The zero-order chi connectivity index (χ0) is 15.9. The van der Waals surface area contributed by atoms with Crippen molar-refractivity contribution in [2.75, 3.05) is 25.6 Å².